The molecule has 74 valence electrons. The molecule has 0 amide bonds. The van der Waals surface area contributed by atoms with E-state index in [2.05, 4.69) is 0 Å². The van der Waals surface area contributed by atoms with Crippen LogP contribution in [0.1, 0.15) is 17.3 Å². The summed E-state index contributed by atoms with van der Waals surface area (Å²) in [5.41, 5.74) is -0.915. The number of halogens is 1. The van der Waals surface area contributed by atoms with Crippen LogP contribution < -0.4 is 0 Å². The van der Waals surface area contributed by atoms with Crippen LogP contribution in [-0.2, 0) is 0 Å². The van der Waals surface area contributed by atoms with Gasteiger partial charge in [0.1, 0.15) is 5.56 Å². The van der Waals surface area contributed by atoms with Crippen molar-refractivity contribution in [2.75, 3.05) is 0 Å². The second-order valence-corrected chi connectivity index (χ2v) is 3.01. The number of phenolic OH excluding ortho intramolecular Hbond substituents is 1. The molecule has 1 aromatic carbocycles. The lowest BCUT2D eigenvalue weighted by Crippen LogP contribution is -2.01. The molecule has 14 heavy (non-hydrogen) atoms. The van der Waals surface area contributed by atoms with Crippen molar-refractivity contribution in [1.29, 1.82) is 0 Å². The lowest BCUT2D eigenvalue weighted by Gasteiger charge is -2.02. The van der Waals surface area contributed by atoms with Crippen molar-refractivity contribution in [2.45, 2.75) is 6.92 Å². The third-order valence-corrected chi connectivity index (χ3v) is 1.96. The molecule has 0 radical (unpaired) electrons. The first-order chi connectivity index (χ1) is 6.45. The molecule has 0 fully saturated rings. The third-order valence-electron chi connectivity index (χ3n) is 1.64. The number of hydrogen-bond acceptors (Lipinski definition) is 4. The zero-order valence-electron chi connectivity index (χ0n) is 7.15. The maximum Gasteiger partial charge on any atom is 0.322 e. The van der Waals surface area contributed by atoms with Gasteiger partial charge in [0.25, 0.3) is 0 Å². The smallest absolute Gasteiger partial charge is 0.322 e. The number of aromatic hydroxyl groups is 1. The summed E-state index contributed by atoms with van der Waals surface area (Å²) in [6, 6.07) is 2.31. The molecule has 0 aliphatic carbocycles. The number of hydrogen-bond donors (Lipinski definition) is 1. The summed E-state index contributed by atoms with van der Waals surface area (Å²) in [6.07, 6.45) is 0. The zero-order chi connectivity index (χ0) is 10.9. The lowest BCUT2D eigenvalue weighted by molar-refractivity contribution is -0.386. The van der Waals surface area contributed by atoms with Crippen molar-refractivity contribution in [3.63, 3.8) is 0 Å². The van der Waals surface area contributed by atoms with Crippen LogP contribution in [0.4, 0.5) is 5.69 Å². The average molecular weight is 216 g/mol. The van der Waals surface area contributed by atoms with Gasteiger partial charge in [-0.3, -0.25) is 14.9 Å². The molecule has 0 aromatic heterocycles. The molecule has 6 heteroatoms. The standard InChI is InChI=1S/C8H6ClNO4/c1-4(11)7-5(9)2-3-6(12)8(7)10(13)14/h2-3,12H,1H3. The van der Waals surface area contributed by atoms with E-state index in [0.717, 1.165) is 13.0 Å². The average Bonchev–Trinajstić information content (AvgIpc) is 2.07. The predicted molar refractivity (Wildman–Crippen MR) is 49.8 cm³/mol. The van der Waals surface area contributed by atoms with Crippen molar-refractivity contribution in [3.05, 3.63) is 32.8 Å². The van der Waals surface area contributed by atoms with Crippen LogP contribution in [0.2, 0.25) is 5.02 Å². The van der Waals surface area contributed by atoms with E-state index in [1.54, 1.807) is 0 Å². The molecular formula is C8H6ClNO4. The molecule has 0 aliphatic heterocycles. The Kier molecular flexibility index (Phi) is 2.71. The lowest BCUT2D eigenvalue weighted by atomic mass is 10.1. The first kappa shape index (κ1) is 10.5. The van der Waals surface area contributed by atoms with Crippen molar-refractivity contribution < 1.29 is 14.8 Å². The number of nitro groups is 1. The highest BCUT2D eigenvalue weighted by Crippen LogP contribution is 2.34. The number of carbonyl (C=O) groups excluding carboxylic acids is 1. The first-order valence-corrected chi connectivity index (χ1v) is 3.99. The number of phenols is 1. The van der Waals surface area contributed by atoms with Gasteiger partial charge in [-0.1, -0.05) is 11.6 Å². The van der Waals surface area contributed by atoms with Crippen LogP contribution in [0.25, 0.3) is 0 Å². The van der Waals surface area contributed by atoms with E-state index in [-0.39, 0.29) is 10.6 Å². The van der Waals surface area contributed by atoms with Gasteiger partial charge in [0.2, 0.25) is 0 Å². The monoisotopic (exact) mass is 215 g/mol. The van der Waals surface area contributed by atoms with Crippen molar-refractivity contribution in [2.24, 2.45) is 0 Å². The molecule has 0 unspecified atom stereocenters. The van der Waals surface area contributed by atoms with Crippen LogP contribution in [-0.4, -0.2) is 15.8 Å². The quantitative estimate of drug-likeness (QED) is 0.466. The van der Waals surface area contributed by atoms with E-state index in [1.165, 1.54) is 6.07 Å². The fraction of sp³-hybridized carbons (Fsp3) is 0.125. The number of ketones is 1. The Labute approximate surface area is 84.1 Å². The number of benzene rings is 1. The van der Waals surface area contributed by atoms with Crippen LogP contribution in [0.15, 0.2) is 12.1 Å². The van der Waals surface area contributed by atoms with Crippen molar-refractivity contribution >= 4 is 23.1 Å². The van der Waals surface area contributed by atoms with Crippen LogP contribution in [0.3, 0.4) is 0 Å². The molecule has 1 N–H and O–H groups in total. The fourth-order valence-corrected chi connectivity index (χ4v) is 1.36. The molecule has 0 saturated heterocycles. The van der Waals surface area contributed by atoms with Gasteiger partial charge >= 0.3 is 5.69 Å². The number of carbonyl (C=O) groups is 1. The third kappa shape index (κ3) is 1.67. The second-order valence-electron chi connectivity index (χ2n) is 2.60. The van der Waals surface area contributed by atoms with Gasteiger partial charge in [-0.15, -0.1) is 0 Å². The van der Waals surface area contributed by atoms with Gasteiger partial charge in [-0.2, -0.15) is 0 Å². The molecule has 0 heterocycles. The highest BCUT2D eigenvalue weighted by molar-refractivity contribution is 6.34. The minimum absolute atomic E-state index is 0.0398. The SMILES string of the molecule is CC(=O)c1c(Cl)ccc(O)c1[N+](=O)[O-]. The second kappa shape index (κ2) is 3.63. The van der Waals surface area contributed by atoms with Crippen LogP contribution in [0.5, 0.6) is 5.75 Å². The molecule has 5 nitrogen and oxygen atoms in total. The van der Waals surface area contributed by atoms with Crippen molar-refractivity contribution in [1.82, 2.24) is 0 Å². The number of nitrogens with zero attached hydrogens (tertiary/aromatic N) is 1. The summed E-state index contributed by atoms with van der Waals surface area (Å²) in [4.78, 5) is 20.7. The van der Waals surface area contributed by atoms with E-state index >= 15 is 0 Å². The number of rotatable bonds is 2. The summed E-state index contributed by atoms with van der Waals surface area (Å²) >= 11 is 5.60. The summed E-state index contributed by atoms with van der Waals surface area (Å²) in [5, 5.41) is 19.7. The Balaban J connectivity index is 3.58. The van der Waals surface area contributed by atoms with Crippen LogP contribution in [0, 0.1) is 10.1 Å². The van der Waals surface area contributed by atoms with Crippen molar-refractivity contribution in [3.8, 4) is 5.75 Å². The molecule has 1 aromatic rings. The first-order valence-electron chi connectivity index (χ1n) is 3.62. The minimum atomic E-state index is -0.835. The summed E-state index contributed by atoms with van der Waals surface area (Å²) in [6.45, 7) is 1.15. The molecule has 0 spiro atoms. The van der Waals surface area contributed by atoms with E-state index in [9.17, 15) is 20.0 Å². The Bertz CT molecular complexity index is 377. The van der Waals surface area contributed by atoms with E-state index < -0.39 is 22.1 Å². The topological polar surface area (TPSA) is 80.4 Å². The number of Topliss-reactive ketones (excluding diaryl/α,β-unsaturated/α-hetero) is 1. The summed E-state index contributed by atoms with van der Waals surface area (Å²) < 4.78 is 0. The minimum Gasteiger partial charge on any atom is -0.502 e. The zero-order valence-corrected chi connectivity index (χ0v) is 7.91. The molecule has 1 rings (SSSR count). The highest BCUT2D eigenvalue weighted by atomic mass is 35.5. The summed E-state index contributed by atoms with van der Waals surface area (Å²) in [7, 11) is 0. The van der Waals surface area contributed by atoms with E-state index in [0.29, 0.717) is 0 Å². The fourth-order valence-electron chi connectivity index (χ4n) is 1.08. The Morgan fingerprint density at radius 3 is 2.50 bits per heavy atom. The van der Waals surface area contributed by atoms with E-state index in [4.69, 9.17) is 11.6 Å². The molecule has 0 aliphatic rings. The Morgan fingerprint density at radius 1 is 1.57 bits per heavy atom. The number of nitro benzene ring substituents is 1. The largest absolute Gasteiger partial charge is 0.502 e. The van der Waals surface area contributed by atoms with Gasteiger partial charge in [0.05, 0.1) is 9.95 Å². The van der Waals surface area contributed by atoms with Gasteiger partial charge in [0.15, 0.2) is 11.5 Å². The maximum absolute atomic E-state index is 11.0. The van der Waals surface area contributed by atoms with Crippen LogP contribution >= 0.6 is 11.6 Å². The Hall–Kier alpha value is -1.62. The van der Waals surface area contributed by atoms with Gasteiger partial charge in [-0.05, 0) is 19.1 Å². The predicted octanol–water partition coefficient (Wildman–Crippen LogP) is 2.16. The van der Waals surface area contributed by atoms with Gasteiger partial charge in [-0.25, -0.2) is 0 Å². The van der Waals surface area contributed by atoms with E-state index in [1.807, 2.05) is 0 Å². The summed E-state index contributed by atoms with van der Waals surface area (Å²) in [5.74, 6) is -1.12. The normalized spacial score (nSPS) is 9.86. The molecular weight excluding hydrogens is 210 g/mol. The molecule has 0 atom stereocenters. The molecule has 0 saturated carbocycles. The van der Waals surface area contributed by atoms with Gasteiger partial charge < -0.3 is 5.11 Å². The van der Waals surface area contributed by atoms with Gasteiger partial charge in [0, 0.05) is 0 Å². The highest BCUT2D eigenvalue weighted by Gasteiger charge is 2.25. The Morgan fingerprint density at radius 2 is 2.14 bits per heavy atom. The molecule has 0 bridgehead atoms. The maximum atomic E-state index is 11.0.